The third-order valence-electron chi connectivity index (χ3n) is 8.44. The van der Waals surface area contributed by atoms with Crippen molar-refractivity contribution in [1.82, 2.24) is 14.1 Å². The van der Waals surface area contributed by atoms with Crippen LogP contribution in [-0.2, 0) is 29.9 Å². The van der Waals surface area contributed by atoms with Gasteiger partial charge >= 0.3 is 0 Å². The van der Waals surface area contributed by atoms with Gasteiger partial charge in [0.05, 0.1) is 16.2 Å². The van der Waals surface area contributed by atoms with Crippen LogP contribution in [0.2, 0.25) is 0 Å². The summed E-state index contributed by atoms with van der Waals surface area (Å²) >= 11 is 0. The van der Waals surface area contributed by atoms with Gasteiger partial charge in [0, 0.05) is 37.3 Å². The number of rotatable bonds is 8. The molecule has 2 fully saturated rings. The number of fused-ring (bicyclic) bond motifs is 2. The predicted molar refractivity (Wildman–Crippen MR) is 159 cm³/mol. The second kappa shape index (κ2) is 11.6. The third kappa shape index (κ3) is 4.73. The van der Waals surface area contributed by atoms with Crippen molar-refractivity contribution < 1.29 is 27.9 Å². The molecule has 3 aliphatic heterocycles. The number of likely N-dealkylation sites (tertiary alicyclic amines) is 1. The van der Waals surface area contributed by atoms with Crippen LogP contribution in [0.1, 0.15) is 50.2 Å². The quantitative estimate of drug-likeness (QED) is 0.283. The fraction of sp³-hybridized carbons (Fsp3) is 0.452. The number of likely N-dealkylation sites (N-methyl/N-ethyl adjacent to an activating group) is 1. The highest BCUT2D eigenvalue weighted by atomic mass is 32.2. The Bertz CT molecular complexity index is 1530. The normalized spacial score (nSPS) is 22.8. The van der Waals surface area contributed by atoms with E-state index in [1.54, 1.807) is 24.3 Å². The summed E-state index contributed by atoms with van der Waals surface area (Å²) in [5, 5.41) is 11.7. The largest absolute Gasteiger partial charge is 0.507 e. The topological polar surface area (TPSA) is 119 Å². The Balaban J connectivity index is 1.63. The number of carbonyl (C=O) groups excluding carboxylic acids is 3. The molecule has 0 radical (unpaired) electrons. The van der Waals surface area contributed by atoms with Crippen molar-refractivity contribution in [2.75, 3.05) is 51.7 Å². The smallest absolute Gasteiger partial charge is 0.296 e. The van der Waals surface area contributed by atoms with Crippen molar-refractivity contribution in [2.24, 2.45) is 0 Å². The number of amides is 2. The molecule has 2 aromatic rings. The van der Waals surface area contributed by atoms with Gasteiger partial charge in [-0.2, -0.15) is 4.31 Å². The number of hydrogen-bond acceptors (Lipinski definition) is 7. The van der Waals surface area contributed by atoms with E-state index in [9.17, 15) is 27.9 Å². The maximum Gasteiger partial charge on any atom is 0.296 e. The molecule has 0 bridgehead atoms. The molecule has 0 saturated carbocycles. The summed E-state index contributed by atoms with van der Waals surface area (Å²) in [6, 6.07) is 12.7. The summed E-state index contributed by atoms with van der Waals surface area (Å²) in [6.07, 6.45) is 4.09. The maximum absolute atomic E-state index is 14.3. The lowest BCUT2D eigenvalue weighted by molar-refractivity contribution is -0.143. The Hall–Kier alpha value is -3.54. The van der Waals surface area contributed by atoms with Crippen LogP contribution in [0.4, 0.5) is 5.69 Å². The summed E-state index contributed by atoms with van der Waals surface area (Å²) in [6.45, 7) is 3.79. The molecule has 3 heterocycles. The number of sulfonamides is 1. The molecule has 2 aromatic carbocycles. The number of benzene rings is 2. The minimum absolute atomic E-state index is 0.0826. The van der Waals surface area contributed by atoms with Crippen LogP contribution in [0.5, 0.6) is 0 Å². The minimum Gasteiger partial charge on any atom is -0.507 e. The summed E-state index contributed by atoms with van der Waals surface area (Å²) < 4.78 is 28.1. The molecule has 2 saturated heterocycles. The van der Waals surface area contributed by atoms with Crippen LogP contribution in [-0.4, -0.2) is 92.0 Å². The van der Waals surface area contributed by atoms with Crippen LogP contribution in [0.15, 0.2) is 59.0 Å². The standard InChI is InChI=1S/C31H38N4O6S/c1-4-34-25-13-8-7-12-24(25)31(30(34)39)26(28(37)29(38)35(31)21-11-18-32(2)3)27(36)22-14-16-23(17-15-22)42(40,41)33-19-9-5-6-10-20-33/h7-8,12-17,36H,4-6,9-11,18-21H2,1-3H3/b27-26-. The molecule has 2 amide bonds. The SMILES string of the molecule is CCN1C(=O)C2(/C(=C(\O)c3ccc(S(=O)(=O)N4CCCCCC4)cc3)C(=O)C(=O)N2CCCN(C)C)c2ccccc21. The van der Waals surface area contributed by atoms with E-state index >= 15 is 0 Å². The number of ketones is 1. The summed E-state index contributed by atoms with van der Waals surface area (Å²) in [5.41, 5.74) is -0.935. The molecule has 0 aliphatic carbocycles. The third-order valence-corrected chi connectivity index (χ3v) is 10.4. The highest BCUT2D eigenvalue weighted by Crippen LogP contribution is 2.53. The van der Waals surface area contributed by atoms with Gasteiger partial charge in [0.15, 0.2) is 5.54 Å². The number of hydrogen-bond donors (Lipinski definition) is 1. The molecule has 1 atom stereocenters. The first-order valence-electron chi connectivity index (χ1n) is 14.5. The predicted octanol–water partition coefficient (Wildman–Crippen LogP) is 3.15. The van der Waals surface area contributed by atoms with E-state index in [4.69, 9.17) is 0 Å². The Morgan fingerprint density at radius 1 is 0.952 bits per heavy atom. The van der Waals surface area contributed by atoms with Gasteiger partial charge < -0.3 is 19.8 Å². The Labute approximate surface area is 247 Å². The zero-order valence-corrected chi connectivity index (χ0v) is 25.2. The van der Waals surface area contributed by atoms with Crippen LogP contribution < -0.4 is 4.90 Å². The van der Waals surface area contributed by atoms with E-state index in [2.05, 4.69) is 0 Å². The van der Waals surface area contributed by atoms with Gasteiger partial charge in [0.1, 0.15) is 5.76 Å². The van der Waals surface area contributed by atoms with Gasteiger partial charge in [-0.25, -0.2) is 8.42 Å². The van der Waals surface area contributed by atoms with Crippen LogP contribution in [0.3, 0.4) is 0 Å². The van der Waals surface area contributed by atoms with Gasteiger partial charge in [0.2, 0.25) is 10.0 Å². The summed E-state index contributed by atoms with van der Waals surface area (Å²) in [5.74, 6) is -2.78. The van der Waals surface area contributed by atoms with E-state index in [1.807, 2.05) is 25.9 Å². The van der Waals surface area contributed by atoms with Crippen molar-refractivity contribution in [1.29, 1.82) is 0 Å². The molecule has 3 aliphatic rings. The zero-order valence-electron chi connectivity index (χ0n) is 24.4. The molecule has 11 heteroatoms. The lowest BCUT2D eigenvalue weighted by Gasteiger charge is -2.34. The average molecular weight is 595 g/mol. The van der Waals surface area contributed by atoms with Crippen LogP contribution in [0.25, 0.3) is 5.76 Å². The van der Waals surface area contributed by atoms with Crippen LogP contribution in [0, 0.1) is 0 Å². The molecular weight excluding hydrogens is 556 g/mol. The monoisotopic (exact) mass is 594 g/mol. The fourth-order valence-electron chi connectivity index (χ4n) is 6.39. The number of carbonyl (C=O) groups is 3. The van der Waals surface area contributed by atoms with E-state index in [-0.39, 0.29) is 22.6 Å². The molecule has 1 spiro atoms. The number of anilines is 1. The maximum atomic E-state index is 14.3. The Morgan fingerprint density at radius 3 is 2.21 bits per heavy atom. The molecule has 10 nitrogen and oxygen atoms in total. The van der Waals surface area contributed by atoms with Gasteiger partial charge in [-0.1, -0.05) is 31.0 Å². The highest BCUT2D eigenvalue weighted by Gasteiger charge is 2.66. The van der Waals surface area contributed by atoms with Gasteiger partial charge in [-0.05, 0) is 77.2 Å². The lowest BCUT2D eigenvalue weighted by Crippen LogP contribution is -2.52. The number of nitrogens with zero attached hydrogens (tertiary/aromatic N) is 4. The summed E-state index contributed by atoms with van der Waals surface area (Å²) in [4.78, 5) is 46.5. The molecule has 1 N–H and O–H groups in total. The molecule has 42 heavy (non-hydrogen) atoms. The van der Waals surface area contributed by atoms with E-state index in [0.717, 1.165) is 25.7 Å². The first-order chi connectivity index (χ1) is 20.1. The van der Waals surface area contributed by atoms with Crippen molar-refractivity contribution in [3.63, 3.8) is 0 Å². The molecule has 1 unspecified atom stereocenters. The second-order valence-electron chi connectivity index (χ2n) is 11.3. The van der Waals surface area contributed by atoms with Gasteiger partial charge in [-0.15, -0.1) is 0 Å². The van der Waals surface area contributed by atoms with Crippen molar-refractivity contribution in [2.45, 2.75) is 49.5 Å². The summed E-state index contributed by atoms with van der Waals surface area (Å²) in [7, 11) is 0.0639. The molecule has 5 rings (SSSR count). The van der Waals surface area contributed by atoms with E-state index < -0.39 is 38.9 Å². The van der Waals surface area contributed by atoms with Crippen LogP contribution >= 0.6 is 0 Å². The molecule has 224 valence electrons. The highest BCUT2D eigenvalue weighted by molar-refractivity contribution is 7.89. The van der Waals surface area contributed by atoms with Crippen molar-refractivity contribution in [3.8, 4) is 0 Å². The minimum atomic E-state index is -3.73. The Kier molecular flexibility index (Phi) is 8.28. The Morgan fingerprint density at radius 2 is 1.60 bits per heavy atom. The van der Waals surface area contributed by atoms with Crippen molar-refractivity contribution in [3.05, 3.63) is 65.2 Å². The zero-order chi connectivity index (χ0) is 30.2. The fourth-order valence-corrected chi connectivity index (χ4v) is 7.90. The average Bonchev–Trinajstić information content (AvgIpc) is 3.18. The molecule has 0 aromatic heterocycles. The first-order valence-corrected chi connectivity index (χ1v) is 16.0. The number of Topliss-reactive ketones (excluding diaryl/α,β-unsaturated/α-hetero) is 1. The number of aliphatic hydroxyl groups is 1. The lowest BCUT2D eigenvalue weighted by atomic mass is 9.82. The van der Waals surface area contributed by atoms with E-state index in [0.29, 0.717) is 43.9 Å². The van der Waals surface area contributed by atoms with E-state index in [1.165, 1.54) is 38.4 Å². The van der Waals surface area contributed by atoms with Gasteiger partial charge in [0.25, 0.3) is 17.6 Å². The molecular formula is C31H38N4O6S. The van der Waals surface area contributed by atoms with Crippen molar-refractivity contribution >= 4 is 39.1 Å². The number of aliphatic hydroxyl groups excluding tert-OH is 1. The van der Waals surface area contributed by atoms with Gasteiger partial charge in [-0.3, -0.25) is 14.4 Å². The first kappa shape index (κ1) is 29.9. The number of para-hydroxylation sites is 1. The second-order valence-corrected chi connectivity index (χ2v) is 13.2.